The van der Waals surface area contributed by atoms with Crippen LogP contribution in [0.15, 0.2) is 40.9 Å². The van der Waals surface area contributed by atoms with Gasteiger partial charge in [0.25, 0.3) is 0 Å². The number of hydrogen-bond acceptors (Lipinski definition) is 1. The fraction of sp³-hybridized carbons (Fsp3) is 0.333. The lowest BCUT2D eigenvalue weighted by atomic mass is 9.96. The summed E-state index contributed by atoms with van der Waals surface area (Å²) in [6.07, 6.45) is 4.85. The van der Waals surface area contributed by atoms with Crippen molar-refractivity contribution in [1.29, 1.82) is 0 Å². The fourth-order valence-electron chi connectivity index (χ4n) is 3.14. The zero-order chi connectivity index (χ0) is 14.8. The second-order valence-electron chi connectivity index (χ2n) is 5.67. The molecule has 0 heterocycles. The Balaban J connectivity index is 1.86. The van der Waals surface area contributed by atoms with Gasteiger partial charge in [0, 0.05) is 14.1 Å². The van der Waals surface area contributed by atoms with Crippen LogP contribution in [0.4, 0.5) is 0 Å². The lowest BCUT2D eigenvalue weighted by Crippen LogP contribution is -2.19. The normalized spacial score (nSPS) is 15.0. The minimum Gasteiger partial charge on any atom is -0.313 e. The Hall–Kier alpha value is -0.390. The van der Waals surface area contributed by atoms with Crippen LogP contribution in [-0.2, 0) is 19.3 Å². The van der Waals surface area contributed by atoms with Gasteiger partial charge in [0.15, 0.2) is 0 Å². The molecule has 1 nitrogen and oxygen atoms in total. The van der Waals surface area contributed by atoms with Gasteiger partial charge < -0.3 is 5.32 Å². The van der Waals surface area contributed by atoms with Gasteiger partial charge in [-0.25, -0.2) is 0 Å². The first-order valence-corrected chi connectivity index (χ1v) is 9.27. The van der Waals surface area contributed by atoms with E-state index >= 15 is 0 Å². The first kappa shape index (κ1) is 15.5. The first-order chi connectivity index (χ1) is 10.2. The molecule has 1 N–H and O–H groups in total. The van der Waals surface area contributed by atoms with Crippen LogP contribution in [0.3, 0.4) is 0 Å². The number of benzene rings is 2. The Bertz CT molecular complexity index is 654. The third-order valence-corrected chi connectivity index (χ3v) is 5.68. The summed E-state index contributed by atoms with van der Waals surface area (Å²) in [5, 5.41) is 3.47. The van der Waals surface area contributed by atoms with Crippen LogP contribution in [0.5, 0.6) is 0 Å². The van der Waals surface area contributed by atoms with Crippen LogP contribution in [-0.4, -0.2) is 7.05 Å². The number of fused-ring (bicyclic) bond motifs is 1. The summed E-state index contributed by atoms with van der Waals surface area (Å²) < 4.78 is 2.46. The quantitative estimate of drug-likeness (QED) is 0.636. The van der Waals surface area contributed by atoms with E-state index in [1.807, 2.05) is 7.05 Å². The molecular formula is C18H19BrIN. The van der Waals surface area contributed by atoms with E-state index in [9.17, 15) is 0 Å². The molecule has 0 spiro atoms. The molecule has 0 bridgehead atoms. The van der Waals surface area contributed by atoms with Crippen molar-refractivity contribution >= 4 is 38.5 Å². The largest absolute Gasteiger partial charge is 0.313 e. The monoisotopic (exact) mass is 455 g/mol. The van der Waals surface area contributed by atoms with E-state index in [1.54, 1.807) is 11.1 Å². The van der Waals surface area contributed by atoms with Crippen molar-refractivity contribution in [3.63, 3.8) is 0 Å². The minimum absolute atomic E-state index is 0.341. The summed E-state index contributed by atoms with van der Waals surface area (Å²) in [6, 6.07) is 13.9. The molecule has 3 rings (SSSR count). The zero-order valence-corrected chi connectivity index (χ0v) is 15.9. The van der Waals surface area contributed by atoms with Crippen LogP contribution in [0.25, 0.3) is 0 Å². The summed E-state index contributed by atoms with van der Waals surface area (Å²) in [4.78, 5) is 0. The molecule has 0 amide bonds. The molecule has 1 aliphatic carbocycles. The number of hydrogen-bond donors (Lipinski definition) is 1. The van der Waals surface area contributed by atoms with Crippen molar-refractivity contribution in [2.75, 3.05) is 7.05 Å². The fourth-order valence-corrected chi connectivity index (χ4v) is 4.18. The standard InChI is InChI=1S/C18H19BrIN/c1-21-18(16-11-15(20)7-8-17(16)19)10-12-5-6-13-3-2-4-14(13)9-12/h5-9,11,18,21H,2-4,10H2,1H3. The molecule has 3 heteroatoms. The lowest BCUT2D eigenvalue weighted by Gasteiger charge is -2.19. The predicted octanol–water partition coefficient (Wildman–Crippen LogP) is 5.05. The van der Waals surface area contributed by atoms with E-state index in [-0.39, 0.29) is 0 Å². The van der Waals surface area contributed by atoms with E-state index in [4.69, 9.17) is 0 Å². The maximum Gasteiger partial charge on any atom is 0.0370 e. The molecule has 0 fully saturated rings. The van der Waals surface area contributed by atoms with E-state index in [0.29, 0.717) is 6.04 Å². The molecule has 21 heavy (non-hydrogen) atoms. The second-order valence-corrected chi connectivity index (χ2v) is 7.77. The molecule has 2 aromatic rings. The van der Waals surface area contributed by atoms with Crippen molar-refractivity contribution in [3.05, 3.63) is 66.7 Å². The summed E-state index contributed by atoms with van der Waals surface area (Å²) in [7, 11) is 2.05. The average Bonchev–Trinajstić information content (AvgIpc) is 2.95. The van der Waals surface area contributed by atoms with Crippen LogP contribution >= 0.6 is 38.5 Å². The van der Waals surface area contributed by atoms with Gasteiger partial charge in [-0.3, -0.25) is 0 Å². The van der Waals surface area contributed by atoms with Gasteiger partial charge in [0.05, 0.1) is 0 Å². The molecule has 0 radical (unpaired) electrons. The van der Waals surface area contributed by atoms with Crippen LogP contribution in [0, 0.1) is 3.57 Å². The van der Waals surface area contributed by atoms with E-state index < -0.39 is 0 Å². The SMILES string of the molecule is CNC(Cc1ccc2c(c1)CCC2)c1cc(I)ccc1Br. The molecule has 2 aromatic carbocycles. The summed E-state index contributed by atoms with van der Waals surface area (Å²) in [5.41, 5.74) is 5.88. The van der Waals surface area contributed by atoms with Crippen molar-refractivity contribution in [3.8, 4) is 0 Å². The highest BCUT2D eigenvalue weighted by molar-refractivity contribution is 14.1. The van der Waals surface area contributed by atoms with E-state index in [2.05, 4.69) is 80.2 Å². The summed E-state index contributed by atoms with van der Waals surface area (Å²) in [5.74, 6) is 0. The van der Waals surface area contributed by atoms with Crippen molar-refractivity contribution in [1.82, 2.24) is 5.32 Å². The van der Waals surface area contributed by atoms with Gasteiger partial charge in [-0.1, -0.05) is 34.1 Å². The smallest absolute Gasteiger partial charge is 0.0370 e. The maximum atomic E-state index is 3.69. The van der Waals surface area contributed by atoms with Crippen molar-refractivity contribution in [2.24, 2.45) is 0 Å². The highest BCUT2D eigenvalue weighted by atomic mass is 127. The average molecular weight is 456 g/mol. The summed E-state index contributed by atoms with van der Waals surface area (Å²) >= 11 is 6.07. The Morgan fingerprint density at radius 1 is 1.14 bits per heavy atom. The molecule has 1 unspecified atom stereocenters. The molecule has 110 valence electrons. The molecule has 0 aromatic heterocycles. The second kappa shape index (κ2) is 6.80. The topological polar surface area (TPSA) is 12.0 Å². The lowest BCUT2D eigenvalue weighted by molar-refractivity contribution is 0.589. The number of aryl methyl sites for hydroxylation is 2. The van der Waals surface area contributed by atoms with E-state index in [1.165, 1.54) is 38.4 Å². The van der Waals surface area contributed by atoms with Gasteiger partial charge in [-0.05, 0) is 95.8 Å². The Labute approximate surface area is 148 Å². The predicted molar refractivity (Wildman–Crippen MR) is 101 cm³/mol. The Morgan fingerprint density at radius 2 is 1.95 bits per heavy atom. The summed E-state index contributed by atoms with van der Waals surface area (Å²) in [6.45, 7) is 0. The third-order valence-electron chi connectivity index (χ3n) is 4.28. The molecular weight excluding hydrogens is 437 g/mol. The number of nitrogens with one attached hydrogen (secondary N) is 1. The number of rotatable bonds is 4. The van der Waals surface area contributed by atoms with Gasteiger partial charge in [0.1, 0.15) is 0 Å². The molecule has 0 aliphatic heterocycles. The zero-order valence-electron chi connectivity index (χ0n) is 12.1. The van der Waals surface area contributed by atoms with Gasteiger partial charge in [-0.2, -0.15) is 0 Å². The van der Waals surface area contributed by atoms with Crippen molar-refractivity contribution < 1.29 is 0 Å². The van der Waals surface area contributed by atoms with Crippen LogP contribution in [0.1, 0.15) is 34.7 Å². The van der Waals surface area contributed by atoms with Gasteiger partial charge >= 0.3 is 0 Å². The van der Waals surface area contributed by atoms with Crippen molar-refractivity contribution in [2.45, 2.75) is 31.7 Å². The van der Waals surface area contributed by atoms with Gasteiger partial charge in [-0.15, -0.1) is 0 Å². The maximum absolute atomic E-state index is 3.69. The first-order valence-electron chi connectivity index (χ1n) is 7.40. The number of halogens is 2. The molecule has 0 saturated carbocycles. The van der Waals surface area contributed by atoms with Gasteiger partial charge in [0.2, 0.25) is 0 Å². The Morgan fingerprint density at radius 3 is 2.76 bits per heavy atom. The molecule has 1 atom stereocenters. The van der Waals surface area contributed by atoms with Crippen LogP contribution < -0.4 is 5.32 Å². The Kier molecular flexibility index (Phi) is 5.02. The molecule has 1 aliphatic rings. The highest BCUT2D eigenvalue weighted by Gasteiger charge is 2.16. The highest BCUT2D eigenvalue weighted by Crippen LogP contribution is 2.29. The third kappa shape index (κ3) is 3.51. The number of likely N-dealkylation sites (N-methyl/N-ethyl adjacent to an activating group) is 1. The minimum atomic E-state index is 0.341. The molecule has 0 saturated heterocycles. The van der Waals surface area contributed by atoms with E-state index in [0.717, 1.165) is 6.42 Å². The van der Waals surface area contributed by atoms with Crippen LogP contribution in [0.2, 0.25) is 0 Å².